The first-order valence-corrected chi connectivity index (χ1v) is 11.2. The minimum Gasteiger partial charge on any atom is -0.494 e. The van der Waals surface area contributed by atoms with Gasteiger partial charge in [0.1, 0.15) is 11.5 Å². The second-order valence-corrected chi connectivity index (χ2v) is 7.54. The molecular formula is C24H28N6O4. The quantitative estimate of drug-likeness (QED) is 0.330. The van der Waals surface area contributed by atoms with Crippen LogP contribution in [-0.2, 0) is 13.6 Å². The Bertz CT molecular complexity index is 1370. The Morgan fingerprint density at radius 2 is 1.50 bits per heavy atom. The fourth-order valence-corrected chi connectivity index (χ4v) is 3.63. The van der Waals surface area contributed by atoms with E-state index < -0.39 is 11.2 Å². The lowest BCUT2D eigenvalue weighted by atomic mass is 10.3. The predicted molar refractivity (Wildman–Crippen MR) is 133 cm³/mol. The van der Waals surface area contributed by atoms with Crippen LogP contribution in [0.1, 0.15) is 13.8 Å². The second kappa shape index (κ2) is 10.2. The Morgan fingerprint density at radius 1 is 0.912 bits per heavy atom. The van der Waals surface area contributed by atoms with Gasteiger partial charge in [0.2, 0.25) is 5.95 Å². The van der Waals surface area contributed by atoms with E-state index in [1.807, 2.05) is 62.4 Å². The molecule has 4 aromatic rings. The molecule has 34 heavy (non-hydrogen) atoms. The van der Waals surface area contributed by atoms with Crippen LogP contribution in [0.5, 0.6) is 11.5 Å². The first-order chi connectivity index (χ1) is 16.5. The largest absolute Gasteiger partial charge is 0.494 e. The van der Waals surface area contributed by atoms with Crippen molar-refractivity contribution in [3.05, 3.63) is 69.4 Å². The number of hydrogen-bond donors (Lipinski definition) is 3. The van der Waals surface area contributed by atoms with E-state index in [9.17, 15) is 9.59 Å². The van der Waals surface area contributed by atoms with Gasteiger partial charge in [-0.05, 0) is 62.4 Å². The van der Waals surface area contributed by atoms with Crippen molar-refractivity contribution in [2.45, 2.75) is 20.4 Å². The summed E-state index contributed by atoms with van der Waals surface area (Å²) in [5.41, 5.74) is 1.34. The predicted octanol–water partition coefficient (Wildman–Crippen LogP) is 3.08. The fourth-order valence-electron chi connectivity index (χ4n) is 3.63. The zero-order chi connectivity index (χ0) is 24.1. The lowest BCUT2D eigenvalue weighted by molar-refractivity contribution is 0.340. The highest BCUT2D eigenvalue weighted by Gasteiger charge is 2.17. The van der Waals surface area contributed by atoms with Crippen molar-refractivity contribution in [3.8, 4) is 11.5 Å². The van der Waals surface area contributed by atoms with Crippen molar-refractivity contribution in [1.29, 1.82) is 0 Å². The highest BCUT2D eigenvalue weighted by Crippen LogP contribution is 2.22. The van der Waals surface area contributed by atoms with E-state index in [0.29, 0.717) is 43.4 Å². The summed E-state index contributed by atoms with van der Waals surface area (Å²) in [6.07, 6.45) is 0. The smallest absolute Gasteiger partial charge is 0.329 e. The molecule has 0 amide bonds. The minimum atomic E-state index is -0.512. The summed E-state index contributed by atoms with van der Waals surface area (Å²) in [4.78, 5) is 31.7. The molecule has 10 heteroatoms. The number of aromatic amines is 1. The maximum atomic E-state index is 12.7. The van der Waals surface area contributed by atoms with Gasteiger partial charge in [0.25, 0.3) is 5.56 Å². The Labute approximate surface area is 196 Å². The van der Waals surface area contributed by atoms with E-state index in [1.165, 1.54) is 4.57 Å². The van der Waals surface area contributed by atoms with E-state index in [0.717, 1.165) is 22.9 Å². The first kappa shape index (κ1) is 23.0. The molecule has 0 fully saturated rings. The summed E-state index contributed by atoms with van der Waals surface area (Å²) in [5.74, 6) is 2.03. The van der Waals surface area contributed by atoms with Crippen LogP contribution in [0.3, 0.4) is 0 Å². The number of nitrogens with one attached hydrogen (secondary N) is 3. The summed E-state index contributed by atoms with van der Waals surface area (Å²) in [5, 5.41) is 6.60. The summed E-state index contributed by atoms with van der Waals surface area (Å²) >= 11 is 0. The van der Waals surface area contributed by atoms with Gasteiger partial charge in [-0.25, -0.2) is 4.79 Å². The molecule has 178 valence electrons. The van der Waals surface area contributed by atoms with Gasteiger partial charge in [0, 0.05) is 31.5 Å². The van der Waals surface area contributed by atoms with Gasteiger partial charge in [-0.3, -0.25) is 14.3 Å². The van der Waals surface area contributed by atoms with Crippen LogP contribution in [0.2, 0.25) is 0 Å². The molecule has 4 rings (SSSR count). The Balaban J connectivity index is 1.61. The SMILES string of the molecule is CCOc1ccc(NCCn2c(Nc3ccc(OCC)cc3)nc3c2c(=O)[nH]c(=O)n3C)cc1. The lowest BCUT2D eigenvalue weighted by Crippen LogP contribution is -2.29. The summed E-state index contributed by atoms with van der Waals surface area (Å²) in [7, 11) is 1.58. The zero-order valence-corrected chi connectivity index (χ0v) is 19.4. The molecule has 0 aliphatic rings. The van der Waals surface area contributed by atoms with Gasteiger partial charge in [0.05, 0.1) is 13.2 Å². The lowest BCUT2D eigenvalue weighted by Gasteiger charge is -2.13. The van der Waals surface area contributed by atoms with Gasteiger partial charge < -0.3 is 24.7 Å². The number of rotatable bonds is 10. The molecule has 0 aliphatic carbocycles. The number of aromatic nitrogens is 4. The third kappa shape index (κ3) is 4.90. The van der Waals surface area contributed by atoms with Crippen LogP contribution in [0.25, 0.3) is 11.2 Å². The van der Waals surface area contributed by atoms with Crippen molar-refractivity contribution in [3.63, 3.8) is 0 Å². The van der Waals surface area contributed by atoms with E-state index in [1.54, 1.807) is 11.6 Å². The topological polar surface area (TPSA) is 115 Å². The number of nitrogens with zero attached hydrogens (tertiary/aromatic N) is 3. The van der Waals surface area contributed by atoms with E-state index in [2.05, 4.69) is 20.6 Å². The summed E-state index contributed by atoms with van der Waals surface area (Å²) in [6.45, 7) is 6.03. The van der Waals surface area contributed by atoms with Crippen LogP contribution in [0.4, 0.5) is 17.3 Å². The average Bonchev–Trinajstić information content (AvgIpc) is 3.19. The molecule has 10 nitrogen and oxygen atoms in total. The highest BCUT2D eigenvalue weighted by molar-refractivity contribution is 5.75. The molecular weight excluding hydrogens is 436 g/mol. The van der Waals surface area contributed by atoms with Crippen LogP contribution in [0.15, 0.2) is 58.1 Å². The number of H-pyrrole nitrogens is 1. The molecule has 0 saturated carbocycles. The van der Waals surface area contributed by atoms with Crippen molar-refractivity contribution in [2.24, 2.45) is 7.05 Å². The maximum absolute atomic E-state index is 12.7. The fraction of sp³-hybridized carbons (Fsp3) is 0.292. The van der Waals surface area contributed by atoms with Gasteiger partial charge in [0.15, 0.2) is 11.2 Å². The molecule has 0 unspecified atom stereocenters. The van der Waals surface area contributed by atoms with Gasteiger partial charge >= 0.3 is 5.69 Å². The normalized spacial score (nSPS) is 10.9. The van der Waals surface area contributed by atoms with Crippen molar-refractivity contribution in [1.82, 2.24) is 19.1 Å². The van der Waals surface area contributed by atoms with Crippen LogP contribution in [-0.4, -0.2) is 38.9 Å². The van der Waals surface area contributed by atoms with E-state index >= 15 is 0 Å². The maximum Gasteiger partial charge on any atom is 0.329 e. The molecule has 0 radical (unpaired) electrons. The average molecular weight is 465 g/mol. The van der Waals surface area contributed by atoms with Gasteiger partial charge in [-0.1, -0.05) is 0 Å². The van der Waals surface area contributed by atoms with Crippen LogP contribution < -0.4 is 31.4 Å². The first-order valence-electron chi connectivity index (χ1n) is 11.2. The Hall–Kier alpha value is -4.21. The van der Waals surface area contributed by atoms with Gasteiger partial charge in [-0.15, -0.1) is 0 Å². The summed E-state index contributed by atoms with van der Waals surface area (Å²) in [6, 6.07) is 15.1. The highest BCUT2D eigenvalue weighted by atomic mass is 16.5. The molecule has 0 bridgehead atoms. The second-order valence-electron chi connectivity index (χ2n) is 7.54. The standard InChI is InChI=1S/C24H28N6O4/c1-4-33-18-10-6-16(7-11-18)25-14-15-30-20-21(29(3)24(32)28-22(20)31)27-23(30)26-17-8-12-19(13-9-17)34-5-2/h6-13,25H,4-5,14-15H2,1-3H3,(H,26,27)(H,28,31,32). The number of aryl methyl sites for hydroxylation is 1. The zero-order valence-electron chi connectivity index (χ0n) is 19.4. The number of imidazole rings is 1. The minimum absolute atomic E-state index is 0.309. The van der Waals surface area contributed by atoms with Crippen LogP contribution in [0, 0.1) is 0 Å². The van der Waals surface area contributed by atoms with E-state index in [4.69, 9.17) is 9.47 Å². The van der Waals surface area contributed by atoms with Crippen LogP contribution >= 0.6 is 0 Å². The summed E-state index contributed by atoms with van der Waals surface area (Å²) < 4.78 is 14.1. The molecule has 3 N–H and O–H groups in total. The number of anilines is 3. The monoisotopic (exact) mass is 464 g/mol. The van der Waals surface area contributed by atoms with Crippen molar-refractivity contribution in [2.75, 3.05) is 30.4 Å². The number of hydrogen-bond acceptors (Lipinski definition) is 7. The molecule has 0 saturated heterocycles. The molecule has 2 aromatic heterocycles. The number of ether oxygens (including phenoxy) is 2. The third-order valence-electron chi connectivity index (χ3n) is 5.26. The molecule has 0 spiro atoms. The molecule has 2 aromatic carbocycles. The van der Waals surface area contributed by atoms with Crippen molar-refractivity contribution < 1.29 is 9.47 Å². The Kier molecular flexibility index (Phi) is 6.86. The van der Waals surface area contributed by atoms with Gasteiger partial charge in [-0.2, -0.15) is 4.98 Å². The third-order valence-corrected chi connectivity index (χ3v) is 5.26. The Morgan fingerprint density at radius 3 is 2.09 bits per heavy atom. The number of fused-ring (bicyclic) bond motifs is 1. The number of benzene rings is 2. The molecule has 2 heterocycles. The van der Waals surface area contributed by atoms with E-state index in [-0.39, 0.29) is 0 Å². The van der Waals surface area contributed by atoms with Crippen molar-refractivity contribution >= 4 is 28.5 Å². The molecule has 0 atom stereocenters. The molecule has 0 aliphatic heterocycles.